The molecule has 23 heavy (non-hydrogen) atoms. The van der Waals surface area contributed by atoms with E-state index in [1.807, 2.05) is 6.92 Å². The molecule has 0 unspecified atom stereocenters. The molecule has 0 atom stereocenters. The summed E-state index contributed by atoms with van der Waals surface area (Å²) in [6, 6.07) is 7.56. The minimum Gasteiger partial charge on any atom is -0.351 e. The van der Waals surface area contributed by atoms with E-state index in [2.05, 4.69) is 15.6 Å². The summed E-state index contributed by atoms with van der Waals surface area (Å²) in [5, 5.41) is 10.7. The second-order valence-corrected chi connectivity index (χ2v) is 4.99. The zero-order valence-corrected chi connectivity index (χ0v) is 12.7. The Morgan fingerprint density at radius 2 is 2.04 bits per heavy atom. The minimum absolute atomic E-state index is 0.106. The van der Waals surface area contributed by atoms with Gasteiger partial charge in [0.15, 0.2) is 0 Å². The monoisotopic (exact) mass is 314 g/mol. The van der Waals surface area contributed by atoms with Crippen LogP contribution in [0, 0.1) is 5.82 Å². The molecule has 0 spiro atoms. The lowest BCUT2D eigenvalue weighted by molar-refractivity contribution is 0.0987. The van der Waals surface area contributed by atoms with Gasteiger partial charge in [0.05, 0.1) is 11.9 Å². The Balaban J connectivity index is 2.04. The normalized spacial score (nSPS) is 10.7. The third-order valence-corrected chi connectivity index (χ3v) is 3.48. The van der Waals surface area contributed by atoms with E-state index in [1.165, 1.54) is 24.4 Å². The van der Waals surface area contributed by atoms with Crippen LogP contribution in [0.1, 0.15) is 23.2 Å². The van der Waals surface area contributed by atoms with Gasteiger partial charge in [0, 0.05) is 18.7 Å². The van der Waals surface area contributed by atoms with Crippen molar-refractivity contribution in [1.29, 1.82) is 0 Å². The molecule has 118 valence electrons. The third-order valence-electron chi connectivity index (χ3n) is 3.48. The van der Waals surface area contributed by atoms with Crippen molar-refractivity contribution in [2.45, 2.75) is 13.3 Å². The number of carbonyl (C=O) groups is 1. The lowest BCUT2D eigenvalue weighted by atomic mass is 10.0. The number of nitrogens with zero attached hydrogens (tertiary/aromatic N) is 3. The van der Waals surface area contributed by atoms with Gasteiger partial charge in [-0.15, -0.1) is 0 Å². The molecule has 2 heterocycles. The molecular weight excluding hydrogens is 299 g/mol. The van der Waals surface area contributed by atoms with Crippen molar-refractivity contribution in [2.75, 3.05) is 5.32 Å². The first-order valence-electron chi connectivity index (χ1n) is 7.14. The smallest absolute Gasteiger partial charge is 0.295 e. The highest BCUT2D eigenvalue weighted by Gasteiger charge is 2.20. The fourth-order valence-corrected chi connectivity index (χ4v) is 2.39. The Hall–Kier alpha value is -2.96. The molecule has 2 aromatic heterocycles. The fourth-order valence-electron chi connectivity index (χ4n) is 2.39. The van der Waals surface area contributed by atoms with Crippen molar-refractivity contribution in [1.82, 2.24) is 14.9 Å². The highest BCUT2D eigenvalue weighted by molar-refractivity contribution is 6.04. The van der Waals surface area contributed by atoms with Crippen molar-refractivity contribution in [3.8, 4) is 11.1 Å². The number of carbonyl (C=O) groups excluding carboxylic acids is 1. The van der Waals surface area contributed by atoms with Crippen molar-refractivity contribution in [3.05, 3.63) is 53.8 Å². The highest BCUT2D eigenvalue weighted by Crippen LogP contribution is 2.32. The Kier molecular flexibility index (Phi) is 3.92. The number of aromatic nitrogens is 3. The first-order valence-corrected chi connectivity index (χ1v) is 7.14. The van der Waals surface area contributed by atoms with Crippen LogP contribution >= 0.6 is 0 Å². The van der Waals surface area contributed by atoms with Gasteiger partial charge in [-0.05, 0) is 24.1 Å². The number of hydrogen-bond acceptors (Lipinski definition) is 4. The van der Waals surface area contributed by atoms with E-state index in [1.54, 1.807) is 23.9 Å². The molecule has 0 fully saturated rings. The number of hydrogen-bond donors (Lipinski definition) is 1. The zero-order chi connectivity index (χ0) is 16.4. The molecule has 3 aromatic rings. The maximum atomic E-state index is 13.2. The van der Waals surface area contributed by atoms with E-state index >= 15 is 0 Å². The van der Waals surface area contributed by atoms with Crippen LogP contribution in [0.4, 0.5) is 10.2 Å². The molecule has 1 aromatic carbocycles. The zero-order valence-electron chi connectivity index (χ0n) is 12.7. The number of amides is 1. The van der Waals surface area contributed by atoms with Gasteiger partial charge in [-0.3, -0.25) is 9.48 Å². The summed E-state index contributed by atoms with van der Waals surface area (Å²) in [6.45, 7) is 1.97. The van der Waals surface area contributed by atoms with Gasteiger partial charge in [-0.1, -0.05) is 24.2 Å². The van der Waals surface area contributed by atoms with Crippen molar-refractivity contribution in [3.63, 3.8) is 0 Å². The van der Waals surface area contributed by atoms with E-state index in [9.17, 15) is 9.18 Å². The summed E-state index contributed by atoms with van der Waals surface area (Å²) in [5.74, 6) is -0.108. The van der Waals surface area contributed by atoms with Crippen LogP contribution in [0.3, 0.4) is 0 Å². The van der Waals surface area contributed by atoms with Crippen molar-refractivity contribution < 1.29 is 13.7 Å². The molecular formula is C16H15FN4O2. The molecule has 0 saturated carbocycles. The second-order valence-electron chi connectivity index (χ2n) is 4.99. The van der Waals surface area contributed by atoms with Gasteiger partial charge < -0.3 is 9.84 Å². The Bertz CT molecular complexity index is 823. The van der Waals surface area contributed by atoms with Gasteiger partial charge >= 0.3 is 0 Å². The van der Waals surface area contributed by atoms with Crippen LogP contribution in [-0.4, -0.2) is 20.8 Å². The summed E-state index contributed by atoms with van der Waals surface area (Å²) in [4.78, 5) is 12.2. The van der Waals surface area contributed by atoms with Gasteiger partial charge in [0.1, 0.15) is 11.6 Å². The number of anilines is 1. The maximum absolute atomic E-state index is 13.2. The van der Waals surface area contributed by atoms with Crippen LogP contribution in [0.15, 0.2) is 41.1 Å². The lowest BCUT2D eigenvalue weighted by Crippen LogP contribution is -2.14. The Morgan fingerprint density at radius 1 is 1.30 bits per heavy atom. The van der Waals surface area contributed by atoms with Crippen LogP contribution in [-0.2, 0) is 13.5 Å². The Morgan fingerprint density at radius 3 is 2.65 bits per heavy atom. The fraction of sp³-hybridized carbons (Fsp3) is 0.188. The van der Waals surface area contributed by atoms with E-state index in [0.717, 1.165) is 16.8 Å². The number of aryl methyl sites for hydroxylation is 2. The molecule has 7 heteroatoms. The number of rotatable bonds is 4. The largest absolute Gasteiger partial charge is 0.351 e. The Labute approximate surface area is 131 Å². The highest BCUT2D eigenvalue weighted by atomic mass is 19.1. The van der Waals surface area contributed by atoms with Crippen molar-refractivity contribution >= 4 is 11.7 Å². The average molecular weight is 314 g/mol. The third kappa shape index (κ3) is 2.85. The first kappa shape index (κ1) is 15.0. The standard InChI is InChI=1S/C16H15FN4O2/c1-3-12-14(10-4-6-11(17)7-5-10)15(21(2)20-12)19-16(22)13-8-9-18-23-13/h4-9H,3H2,1-2H3,(H,19,22). The molecule has 0 aliphatic heterocycles. The SMILES string of the molecule is CCc1nn(C)c(NC(=O)c2ccno2)c1-c1ccc(F)cc1. The van der Waals surface area contributed by atoms with E-state index in [4.69, 9.17) is 4.52 Å². The summed E-state index contributed by atoms with van der Waals surface area (Å²) in [6.07, 6.45) is 2.08. The molecule has 0 aliphatic rings. The molecule has 0 radical (unpaired) electrons. The predicted molar refractivity (Wildman–Crippen MR) is 82.4 cm³/mol. The van der Waals surface area contributed by atoms with Crippen molar-refractivity contribution in [2.24, 2.45) is 7.05 Å². The second kappa shape index (κ2) is 6.04. The van der Waals surface area contributed by atoms with E-state index < -0.39 is 5.91 Å². The van der Waals surface area contributed by atoms with Crippen LogP contribution in [0.2, 0.25) is 0 Å². The summed E-state index contributed by atoms with van der Waals surface area (Å²) < 4.78 is 19.6. The summed E-state index contributed by atoms with van der Waals surface area (Å²) in [7, 11) is 1.74. The average Bonchev–Trinajstić information content (AvgIpc) is 3.17. The predicted octanol–water partition coefficient (Wildman–Crippen LogP) is 3.03. The quantitative estimate of drug-likeness (QED) is 0.803. The van der Waals surface area contributed by atoms with Crippen LogP contribution < -0.4 is 5.32 Å². The van der Waals surface area contributed by atoms with Crippen LogP contribution in [0.5, 0.6) is 0 Å². The van der Waals surface area contributed by atoms with E-state index in [-0.39, 0.29) is 11.6 Å². The molecule has 1 amide bonds. The maximum Gasteiger partial charge on any atom is 0.295 e. The number of benzene rings is 1. The molecule has 3 rings (SSSR count). The summed E-state index contributed by atoms with van der Waals surface area (Å²) >= 11 is 0. The van der Waals surface area contributed by atoms with Gasteiger partial charge in [0.25, 0.3) is 5.91 Å². The van der Waals surface area contributed by atoms with Gasteiger partial charge in [-0.25, -0.2) is 4.39 Å². The molecule has 0 bridgehead atoms. The van der Waals surface area contributed by atoms with Crippen LogP contribution in [0.25, 0.3) is 11.1 Å². The topological polar surface area (TPSA) is 73.0 Å². The molecule has 0 aliphatic carbocycles. The van der Waals surface area contributed by atoms with Gasteiger partial charge in [-0.2, -0.15) is 5.10 Å². The minimum atomic E-state index is -0.420. The summed E-state index contributed by atoms with van der Waals surface area (Å²) in [5.41, 5.74) is 2.36. The lowest BCUT2D eigenvalue weighted by Gasteiger charge is -2.08. The number of halogens is 1. The van der Waals surface area contributed by atoms with Gasteiger partial charge in [0.2, 0.25) is 5.76 Å². The number of nitrogens with one attached hydrogen (secondary N) is 1. The first-order chi connectivity index (χ1) is 11.1. The molecule has 6 nitrogen and oxygen atoms in total. The van der Waals surface area contributed by atoms with E-state index in [0.29, 0.717) is 12.2 Å². The molecule has 0 saturated heterocycles. The molecule has 1 N–H and O–H groups in total.